The third-order valence-corrected chi connectivity index (χ3v) is 5.23. The van der Waals surface area contributed by atoms with Gasteiger partial charge in [-0.25, -0.2) is 0 Å². The zero-order valence-corrected chi connectivity index (χ0v) is 15.7. The number of thiophene rings is 1. The lowest BCUT2D eigenvalue weighted by molar-refractivity contribution is -0.132. The van der Waals surface area contributed by atoms with Crippen LogP contribution in [-0.4, -0.2) is 74.6 Å². The highest BCUT2D eigenvalue weighted by Gasteiger charge is 2.20. The number of nitrogens with one attached hydrogen (secondary N) is 1. The van der Waals surface area contributed by atoms with Crippen LogP contribution < -0.4 is 10.2 Å². The fourth-order valence-electron chi connectivity index (χ4n) is 2.97. The molecule has 0 aromatic carbocycles. The standard InChI is InChI=1S/C15H24N4OS.2ClH/c20-14(18-7-4-16-5-8-18)3-6-17-9-11-19(12-10-17)15-2-1-13-21-15;;/h1-2,13,16H,3-12H2;2*1H. The number of hydrogen-bond donors (Lipinski definition) is 1. The van der Waals surface area contributed by atoms with Gasteiger partial charge < -0.3 is 15.1 Å². The molecule has 2 saturated heterocycles. The van der Waals surface area contributed by atoms with Crippen LogP contribution in [0.3, 0.4) is 0 Å². The van der Waals surface area contributed by atoms with E-state index < -0.39 is 0 Å². The smallest absolute Gasteiger partial charge is 0.223 e. The van der Waals surface area contributed by atoms with Crippen molar-refractivity contribution in [2.75, 3.05) is 63.8 Å². The molecule has 2 aliphatic rings. The quantitative estimate of drug-likeness (QED) is 0.859. The molecule has 3 heterocycles. The summed E-state index contributed by atoms with van der Waals surface area (Å²) in [7, 11) is 0. The molecule has 0 unspecified atom stereocenters. The third kappa shape index (κ3) is 5.80. The van der Waals surface area contributed by atoms with Gasteiger partial charge in [0.05, 0.1) is 5.00 Å². The molecule has 1 aromatic heterocycles. The zero-order chi connectivity index (χ0) is 14.5. The Kier molecular flexibility index (Phi) is 9.24. The molecule has 0 atom stereocenters. The van der Waals surface area contributed by atoms with Crippen LogP contribution in [0.1, 0.15) is 6.42 Å². The lowest BCUT2D eigenvalue weighted by Crippen LogP contribution is -2.49. The van der Waals surface area contributed by atoms with E-state index in [4.69, 9.17) is 0 Å². The van der Waals surface area contributed by atoms with Gasteiger partial charge in [0.15, 0.2) is 0 Å². The first kappa shape index (κ1) is 20.5. The van der Waals surface area contributed by atoms with Gasteiger partial charge >= 0.3 is 0 Å². The van der Waals surface area contributed by atoms with E-state index in [-0.39, 0.29) is 24.8 Å². The maximum atomic E-state index is 12.2. The van der Waals surface area contributed by atoms with E-state index in [1.165, 1.54) is 5.00 Å². The SMILES string of the molecule is Cl.Cl.O=C(CCN1CCN(c2cccs2)CC1)N1CCNCC1. The fraction of sp³-hybridized carbons (Fsp3) is 0.667. The summed E-state index contributed by atoms with van der Waals surface area (Å²) >= 11 is 1.81. The van der Waals surface area contributed by atoms with Crippen LogP contribution in [0.5, 0.6) is 0 Å². The average molecular weight is 381 g/mol. The lowest BCUT2D eigenvalue weighted by Gasteiger charge is -2.35. The highest BCUT2D eigenvalue weighted by Crippen LogP contribution is 2.22. The molecule has 3 rings (SSSR count). The fourth-order valence-corrected chi connectivity index (χ4v) is 3.75. The summed E-state index contributed by atoms with van der Waals surface area (Å²) in [5.74, 6) is 0.317. The van der Waals surface area contributed by atoms with Crippen molar-refractivity contribution >= 4 is 47.1 Å². The summed E-state index contributed by atoms with van der Waals surface area (Å²) < 4.78 is 0. The van der Waals surface area contributed by atoms with E-state index in [1.807, 2.05) is 16.2 Å². The Hall–Kier alpha value is -0.530. The second-order valence-corrected chi connectivity index (χ2v) is 6.59. The van der Waals surface area contributed by atoms with E-state index in [0.29, 0.717) is 12.3 Å². The molecule has 0 bridgehead atoms. The third-order valence-electron chi connectivity index (χ3n) is 4.30. The van der Waals surface area contributed by atoms with Crippen LogP contribution in [0.15, 0.2) is 17.5 Å². The number of anilines is 1. The molecule has 0 aliphatic carbocycles. The maximum absolute atomic E-state index is 12.2. The number of hydrogen-bond acceptors (Lipinski definition) is 5. The molecule has 23 heavy (non-hydrogen) atoms. The summed E-state index contributed by atoms with van der Waals surface area (Å²) in [6.45, 7) is 8.78. The average Bonchev–Trinajstić information content (AvgIpc) is 3.08. The van der Waals surface area contributed by atoms with Crippen LogP contribution in [-0.2, 0) is 4.79 Å². The van der Waals surface area contributed by atoms with Crippen LogP contribution in [0.25, 0.3) is 0 Å². The molecule has 1 amide bonds. The van der Waals surface area contributed by atoms with Crippen LogP contribution in [0.4, 0.5) is 5.00 Å². The Morgan fingerprint density at radius 1 is 1.09 bits per heavy atom. The second-order valence-electron chi connectivity index (χ2n) is 5.66. The molecule has 132 valence electrons. The minimum atomic E-state index is 0. The van der Waals surface area contributed by atoms with E-state index in [1.54, 1.807) is 0 Å². The minimum Gasteiger partial charge on any atom is -0.361 e. The van der Waals surface area contributed by atoms with Gasteiger partial charge in [0, 0.05) is 65.3 Å². The Morgan fingerprint density at radius 3 is 2.39 bits per heavy atom. The van der Waals surface area contributed by atoms with Crippen molar-refractivity contribution in [2.24, 2.45) is 0 Å². The van der Waals surface area contributed by atoms with Crippen LogP contribution >= 0.6 is 36.2 Å². The molecule has 2 aliphatic heterocycles. The van der Waals surface area contributed by atoms with Crippen LogP contribution in [0, 0.1) is 0 Å². The summed E-state index contributed by atoms with van der Waals surface area (Å²) in [5, 5.41) is 6.78. The Labute approximate surface area is 154 Å². The Morgan fingerprint density at radius 2 is 1.78 bits per heavy atom. The molecule has 0 spiro atoms. The van der Waals surface area contributed by atoms with Crippen molar-refractivity contribution in [1.29, 1.82) is 0 Å². The summed E-state index contributed by atoms with van der Waals surface area (Å²) in [6.07, 6.45) is 0.666. The molecule has 2 fully saturated rings. The zero-order valence-electron chi connectivity index (χ0n) is 13.3. The van der Waals surface area contributed by atoms with Gasteiger partial charge in [-0.2, -0.15) is 0 Å². The number of carbonyl (C=O) groups is 1. The van der Waals surface area contributed by atoms with Gasteiger partial charge in [-0.3, -0.25) is 9.69 Å². The number of carbonyl (C=O) groups excluding carboxylic acids is 1. The Bertz CT molecular complexity index is 446. The van der Waals surface area contributed by atoms with Gasteiger partial charge in [0.25, 0.3) is 0 Å². The van der Waals surface area contributed by atoms with Gasteiger partial charge in [-0.15, -0.1) is 36.2 Å². The van der Waals surface area contributed by atoms with E-state index >= 15 is 0 Å². The number of piperazine rings is 2. The largest absolute Gasteiger partial charge is 0.361 e. The number of halogens is 2. The highest BCUT2D eigenvalue weighted by molar-refractivity contribution is 7.14. The normalized spacial score (nSPS) is 19.0. The van der Waals surface area contributed by atoms with E-state index in [2.05, 4.69) is 32.6 Å². The first-order chi connectivity index (χ1) is 10.3. The molecular weight excluding hydrogens is 355 g/mol. The number of nitrogens with zero attached hydrogens (tertiary/aromatic N) is 3. The summed E-state index contributed by atoms with van der Waals surface area (Å²) in [5.41, 5.74) is 0. The Balaban J connectivity index is 0.00000132. The molecule has 1 N–H and O–H groups in total. The summed E-state index contributed by atoms with van der Waals surface area (Å²) in [4.78, 5) is 19.0. The predicted molar refractivity (Wildman–Crippen MR) is 102 cm³/mol. The molecule has 0 saturated carbocycles. The van der Waals surface area contributed by atoms with Crippen molar-refractivity contribution < 1.29 is 4.79 Å². The molecular formula is C15H26Cl2N4OS. The predicted octanol–water partition coefficient (Wildman–Crippen LogP) is 1.54. The van der Waals surface area contributed by atoms with Crippen molar-refractivity contribution in [3.8, 4) is 0 Å². The maximum Gasteiger partial charge on any atom is 0.223 e. The molecule has 0 radical (unpaired) electrons. The van der Waals surface area contributed by atoms with E-state index in [9.17, 15) is 4.79 Å². The van der Waals surface area contributed by atoms with Gasteiger partial charge in [0.2, 0.25) is 5.91 Å². The summed E-state index contributed by atoms with van der Waals surface area (Å²) in [6, 6.07) is 4.30. The number of amides is 1. The van der Waals surface area contributed by atoms with Gasteiger partial charge in [-0.1, -0.05) is 0 Å². The first-order valence-electron chi connectivity index (χ1n) is 7.82. The van der Waals surface area contributed by atoms with Crippen molar-refractivity contribution in [1.82, 2.24) is 15.1 Å². The lowest BCUT2D eigenvalue weighted by atomic mass is 10.2. The second kappa shape index (κ2) is 10.4. The van der Waals surface area contributed by atoms with Crippen molar-refractivity contribution in [3.05, 3.63) is 17.5 Å². The van der Waals surface area contributed by atoms with Gasteiger partial charge in [-0.05, 0) is 17.5 Å². The molecule has 8 heteroatoms. The molecule has 5 nitrogen and oxygen atoms in total. The van der Waals surface area contributed by atoms with E-state index in [0.717, 1.165) is 58.9 Å². The number of rotatable bonds is 4. The van der Waals surface area contributed by atoms with Gasteiger partial charge in [0.1, 0.15) is 0 Å². The van der Waals surface area contributed by atoms with Crippen LogP contribution in [0.2, 0.25) is 0 Å². The topological polar surface area (TPSA) is 38.8 Å². The molecule has 1 aromatic rings. The first-order valence-corrected chi connectivity index (χ1v) is 8.70. The van der Waals surface area contributed by atoms with Crippen molar-refractivity contribution in [3.63, 3.8) is 0 Å². The monoisotopic (exact) mass is 380 g/mol. The highest BCUT2D eigenvalue weighted by atomic mass is 35.5. The van der Waals surface area contributed by atoms with Crippen molar-refractivity contribution in [2.45, 2.75) is 6.42 Å². The minimum absolute atomic E-state index is 0.